The fourth-order valence-electron chi connectivity index (χ4n) is 2.28. The van der Waals surface area contributed by atoms with Crippen LogP contribution >= 0.6 is 11.8 Å². The number of hydrogen-bond donors (Lipinski definition) is 1. The maximum atomic E-state index is 12.6. The van der Waals surface area contributed by atoms with Crippen LogP contribution in [0.4, 0.5) is 5.69 Å². The number of aromatic carboxylic acids is 1. The Kier molecular flexibility index (Phi) is 6.30. The number of rotatable bonds is 7. The highest BCUT2D eigenvalue weighted by atomic mass is 32.2. The molecule has 0 saturated carbocycles. The van der Waals surface area contributed by atoms with Crippen molar-refractivity contribution in [3.63, 3.8) is 0 Å². The number of carboxylic acids is 1. The van der Waals surface area contributed by atoms with E-state index in [0.29, 0.717) is 17.9 Å². The number of anilines is 1. The molecule has 6 nitrogen and oxygen atoms in total. The molecule has 132 valence electrons. The molecular formula is C18H18NO5S-. The molecule has 0 aliphatic rings. The minimum atomic E-state index is -1.42. The number of benzene rings is 2. The van der Waals surface area contributed by atoms with Crippen LogP contribution in [0.1, 0.15) is 27.6 Å². The molecule has 0 fully saturated rings. The summed E-state index contributed by atoms with van der Waals surface area (Å²) in [6, 6.07) is 9.76. The average Bonchev–Trinajstić information content (AvgIpc) is 2.61. The SMILES string of the molecule is CCOc1cc(NC(=O)c2ccccc2SC)c(C(=O)[O-])cc1OC. The zero-order chi connectivity index (χ0) is 18.4. The first kappa shape index (κ1) is 18.7. The Balaban J connectivity index is 2.44. The maximum Gasteiger partial charge on any atom is 0.256 e. The van der Waals surface area contributed by atoms with E-state index in [1.54, 1.807) is 19.1 Å². The Hall–Kier alpha value is -2.67. The molecule has 0 aromatic heterocycles. The number of carboxylic acid groups (broad SMARTS) is 1. The van der Waals surface area contributed by atoms with Gasteiger partial charge < -0.3 is 24.7 Å². The van der Waals surface area contributed by atoms with Crippen molar-refractivity contribution in [3.8, 4) is 11.5 Å². The lowest BCUT2D eigenvalue weighted by atomic mass is 10.1. The number of nitrogens with one attached hydrogen (secondary N) is 1. The number of hydrogen-bond acceptors (Lipinski definition) is 6. The van der Waals surface area contributed by atoms with Gasteiger partial charge in [-0.1, -0.05) is 12.1 Å². The van der Waals surface area contributed by atoms with E-state index in [9.17, 15) is 14.7 Å². The average molecular weight is 360 g/mol. The van der Waals surface area contributed by atoms with E-state index in [0.717, 1.165) is 4.90 Å². The fourth-order valence-corrected chi connectivity index (χ4v) is 2.88. The third kappa shape index (κ3) is 4.24. The van der Waals surface area contributed by atoms with Gasteiger partial charge in [-0.3, -0.25) is 4.79 Å². The third-order valence-corrected chi connectivity index (χ3v) is 4.22. The van der Waals surface area contributed by atoms with Gasteiger partial charge >= 0.3 is 0 Å². The smallest absolute Gasteiger partial charge is 0.256 e. The predicted molar refractivity (Wildman–Crippen MR) is 94.7 cm³/mol. The van der Waals surface area contributed by atoms with Crippen molar-refractivity contribution in [1.82, 2.24) is 0 Å². The van der Waals surface area contributed by atoms with E-state index in [2.05, 4.69) is 5.32 Å². The number of carbonyl (C=O) groups is 2. The Morgan fingerprint density at radius 3 is 2.48 bits per heavy atom. The molecule has 1 amide bonds. The predicted octanol–water partition coefficient (Wildman–Crippen LogP) is 2.43. The van der Waals surface area contributed by atoms with Crippen molar-refractivity contribution >= 4 is 29.3 Å². The molecule has 0 saturated heterocycles. The molecule has 2 rings (SSSR count). The number of thioether (sulfide) groups is 1. The number of ether oxygens (including phenoxy) is 2. The summed E-state index contributed by atoms with van der Waals surface area (Å²) in [5.74, 6) is -1.25. The van der Waals surface area contributed by atoms with E-state index in [4.69, 9.17) is 9.47 Å². The van der Waals surface area contributed by atoms with Crippen molar-refractivity contribution in [2.45, 2.75) is 11.8 Å². The highest BCUT2D eigenvalue weighted by Gasteiger charge is 2.17. The number of amides is 1. The molecule has 0 heterocycles. The highest BCUT2D eigenvalue weighted by molar-refractivity contribution is 7.98. The topological polar surface area (TPSA) is 87.7 Å². The van der Waals surface area contributed by atoms with Gasteiger partial charge in [0, 0.05) is 16.5 Å². The largest absolute Gasteiger partial charge is 0.545 e. The maximum absolute atomic E-state index is 12.6. The highest BCUT2D eigenvalue weighted by Crippen LogP contribution is 2.34. The van der Waals surface area contributed by atoms with Crippen LogP contribution in [0.5, 0.6) is 11.5 Å². The summed E-state index contributed by atoms with van der Waals surface area (Å²) in [7, 11) is 1.41. The summed E-state index contributed by atoms with van der Waals surface area (Å²) in [4.78, 5) is 24.8. The second-order valence-electron chi connectivity index (χ2n) is 4.92. The van der Waals surface area contributed by atoms with Crippen molar-refractivity contribution < 1.29 is 24.2 Å². The minimum absolute atomic E-state index is 0.0881. The van der Waals surface area contributed by atoms with Crippen molar-refractivity contribution in [2.24, 2.45) is 0 Å². The van der Waals surface area contributed by atoms with Gasteiger partial charge in [-0.05, 0) is 31.4 Å². The van der Waals surface area contributed by atoms with E-state index in [1.807, 2.05) is 18.4 Å². The van der Waals surface area contributed by atoms with Crippen LogP contribution in [0.15, 0.2) is 41.3 Å². The molecule has 2 aromatic rings. The van der Waals surface area contributed by atoms with E-state index >= 15 is 0 Å². The first-order chi connectivity index (χ1) is 12.0. The Labute approximate surface area is 150 Å². The lowest BCUT2D eigenvalue weighted by molar-refractivity contribution is -0.254. The molecule has 0 bridgehead atoms. The zero-order valence-corrected chi connectivity index (χ0v) is 14.9. The summed E-state index contributed by atoms with van der Waals surface area (Å²) in [5.41, 5.74) is 0.355. The normalized spacial score (nSPS) is 10.2. The summed E-state index contributed by atoms with van der Waals surface area (Å²) in [6.45, 7) is 2.16. The first-order valence-corrected chi connectivity index (χ1v) is 8.74. The summed E-state index contributed by atoms with van der Waals surface area (Å²) in [5, 5.41) is 14.1. The second kappa shape index (κ2) is 8.43. The van der Waals surface area contributed by atoms with Gasteiger partial charge in [0.1, 0.15) is 0 Å². The Morgan fingerprint density at radius 1 is 1.16 bits per heavy atom. The molecular weight excluding hydrogens is 342 g/mol. The molecule has 25 heavy (non-hydrogen) atoms. The molecule has 0 atom stereocenters. The molecule has 0 aliphatic carbocycles. The molecule has 0 radical (unpaired) electrons. The second-order valence-corrected chi connectivity index (χ2v) is 5.77. The molecule has 7 heteroatoms. The molecule has 1 N–H and O–H groups in total. The van der Waals surface area contributed by atoms with E-state index in [-0.39, 0.29) is 17.0 Å². The van der Waals surface area contributed by atoms with Gasteiger partial charge in [0.05, 0.1) is 30.9 Å². The van der Waals surface area contributed by atoms with Gasteiger partial charge in [0.15, 0.2) is 11.5 Å². The van der Waals surface area contributed by atoms with Crippen LogP contribution in [-0.2, 0) is 0 Å². The van der Waals surface area contributed by atoms with E-state index < -0.39 is 11.9 Å². The Bertz CT molecular complexity index is 791. The molecule has 0 unspecified atom stereocenters. The van der Waals surface area contributed by atoms with Crippen molar-refractivity contribution in [2.75, 3.05) is 25.3 Å². The number of carbonyl (C=O) groups excluding carboxylic acids is 2. The lowest BCUT2D eigenvalue weighted by Crippen LogP contribution is -2.25. The van der Waals surface area contributed by atoms with Crippen molar-refractivity contribution in [3.05, 3.63) is 47.5 Å². The summed E-state index contributed by atoms with van der Waals surface area (Å²) in [6.07, 6.45) is 1.86. The third-order valence-electron chi connectivity index (χ3n) is 3.42. The van der Waals surface area contributed by atoms with Gasteiger partial charge in [-0.2, -0.15) is 0 Å². The van der Waals surface area contributed by atoms with Crippen LogP contribution in [0.3, 0.4) is 0 Å². The monoisotopic (exact) mass is 360 g/mol. The van der Waals surface area contributed by atoms with Gasteiger partial charge in [0.2, 0.25) is 0 Å². The van der Waals surface area contributed by atoms with Crippen LogP contribution in [-0.4, -0.2) is 31.8 Å². The van der Waals surface area contributed by atoms with Crippen molar-refractivity contribution in [1.29, 1.82) is 0 Å². The Morgan fingerprint density at radius 2 is 1.88 bits per heavy atom. The van der Waals surface area contributed by atoms with Crippen LogP contribution in [0.2, 0.25) is 0 Å². The van der Waals surface area contributed by atoms with Gasteiger partial charge in [-0.15, -0.1) is 11.8 Å². The molecule has 2 aromatic carbocycles. The lowest BCUT2D eigenvalue weighted by Gasteiger charge is -2.17. The summed E-state index contributed by atoms with van der Waals surface area (Å²) < 4.78 is 10.6. The van der Waals surface area contributed by atoms with Gasteiger partial charge in [-0.25, -0.2) is 0 Å². The molecule has 0 spiro atoms. The minimum Gasteiger partial charge on any atom is -0.545 e. The van der Waals surface area contributed by atoms with Crippen LogP contribution in [0.25, 0.3) is 0 Å². The number of methoxy groups -OCH3 is 1. The summed E-state index contributed by atoms with van der Waals surface area (Å²) >= 11 is 1.43. The van der Waals surface area contributed by atoms with Crippen LogP contribution < -0.4 is 19.9 Å². The quantitative estimate of drug-likeness (QED) is 0.763. The molecule has 0 aliphatic heterocycles. The zero-order valence-electron chi connectivity index (χ0n) is 14.1. The van der Waals surface area contributed by atoms with Gasteiger partial charge in [0.25, 0.3) is 5.91 Å². The van der Waals surface area contributed by atoms with E-state index in [1.165, 1.54) is 31.0 Å². The fraction of sp³-hybridized carbons (Fsp3) is 0.222. The van der Waals surface area contributed by atoms with Crippen LogP contribution in [0, 0.1) is 0 Å². The standard InChI is InChI=1S/C18H19NO5S/c1-4-24-15-10-13(12(18(21)22)9-14(15)23-2)19-17(20)11-7-5-6-8-16(11)25-3/h5-10H,4H2,1-3H3,(H,19,20)(H,21,22)/p-1. The first-order valence-electron chi connectivity index (χ1n) is 7.52.